The van der Waals surface area contributed by atoms with Crippen LogP contribution in [0.2, 0.25) is 0 Å². The lowest BCUT2D eigenvalue weighted by Gasteiger charge is -2.14. The van der Waals surface area contributed by atoms with Gasteiger partial charge in [-0.05, 0) is 19.9 Å². The molecule has 0 radical (unpaired) electrons. The van der Waals surface area contributed by atoms with Gasteiger partial charge in [0.25, 0.3) is 11.6 Å². The van der Waals surface area contributed by atoms with Gasteiger partial charge >= 0.3 is 0 Å². The third-order valence-electron chi connectivity index (χ3n) is 2.75. The molecular formula is C12H18N3O3+. The molecule has 0 aliphatic rings. The normalized spacial score (nSPS) is 10.4. The molecule has 0 bridgehead atoms. The number of carbonyl (C=O) groups excluding carboxylic acids is 1. The zero-order valence-electron chi connectivity index (χ0n) is 10.6. The molecule has 0 saturated carbocycles. The van der Waals surface area contributed by atoms with Gasteiger partial charge in [0.05, 0.1) is 18.0 Å². The zero-order chi connectivity index (χ0) is 13.5. The number of nitro benzene ring substituents is 1. The minimum Gasteiger partial charge on any atom is -0.328 e. The summed E-state index contributed by atoms with van der Waals surface area (Å²) in [6.45, 7) is 6.15. The van der Waals surface area contributed by atoms with Gasteiger partial charge in [-0.15, -0.1) is 0 Å². The number of anilines is 1. The van der Waals surface area contributed by atoms with Crippen molar-refractivity contribution in [3.05, 3.63) is 34.4 Å². The van der Waals surface area contributed by atoms with E-state index >= 15 is 0 Å². The van der Waals surface area contributed by atoms with Crippen molar-refractivity contribution >= 4 is 17.3 Å². The molecule has 2 N–H and O–H groups in total. The summed E-state index contributed by atoms with van der Waals surface area (Å²) in [5, 5.41) is 13.3. The number of likely N-dealkylation sites (N-methyl/N-ethyl adjacent to an activating group) is 1. The Labute approximate surface area is 106 Å². The molecule has 0 aliphatic carbocycles. The van der Waals surface area contributed by atoms with Gasteiger partial charge in [-0.25, -0.2) is 0 Å². The van der Waals surface area contributed by atoms with Crippen LogP contribution >= 0.6 is 0 Å². The Balaban J connectivity index is 2.64. The average Bonchev–Trinajstić information content (AvgIpc) is 2.36. The molecule has 0 saturated heterocycles. The quantitative estimate of drug-likeness (QED) is 0.570. The molecule has 0 aliphatic heterocycles. The van der Waals surface area contributed by atoms with Gasteiger partial charge in [0.2, 0.25) is 0 Å². The summed E-state index contributed by atoms with van der Waals surface area (Å²) < 4.78 is 0. The number of amides is 1. The molecule has 98 valence electrons. The van der Waals surface area contributed by atoms with Crippen molar-refractivity contribution in [3.63, 3.8) is 0 Å². The van der Waals surface area contributed by atoms with Crippen LogP contribution < -0.4 is 10.2 Å². The van der Waals surface area contributed by atoms with Gasteiger partial charge in [0.15, 0.2) is 6.54 Å². The van der Waals surface area contributed by atoms with Crippen LogP contribution in [0.4, 0.5) is 11.4 Å². The smallest absolute Gasteiger partial charge is 0.279 e. The van der Waals surface area contributed by atoms with Crippen molar-refractivity contribution in [2.24, 2.45) is 0 Å². The zero-order valence-corrected chi connectivity index (χ0v) is 10.6. The third-order valence-corrected chi connectivity index (χ3v) is 2.75. The Bertz CT molecular complexity index is 430. The Morgan fingerprint density at radius 1 is 1.39 bits per heavy atom. The maximum Gasteiger partial charge on any atom is 0.279 e. The van der Waals surface area contributed by atoms with E-state index in [1.807, 2.05) is 13.8 Å². The fourth-order valence-electron chi connectivity index (χ4n) is 1.63. The molecule has 1 rings (SSSR count). The first-order valence-electron chi connectivity index (χ1n) is 5.94. The molecule has 0 spiro atoms. The van der Waals surface area contributed by atoms with Gasteiger partial charge in [-0.2, -0.15) is 0 Å². The summed E-state index contributed by atoms with van der Waals surface area (Å²) in [4.78, 5) is 23.0. The highest BCUT2D eigenvalue weighted by molar-refractivity contribution is 5.91. The summed E-state index contributed by atoms with van der Waals surface area (Å²) >= 11 is 0. The average molecular weight is 252 g/mol. The molecule has 0 atom stereocenters. The van der Waals surface area contributed by atoms with E-state index in [0.29, 0.717) is 12.2 Å². The van der Waals surface area contributed by atoms with Crippen molar-refractivity contribution in [2.45, 2.75) is 13.8 Å². The lowest BCUT2D eigenvalue weighted by Crippen LogP contribution is -3.12. The van der Waals surface area contributed by atoms with Crippen molar-refractivity contribution in [2.75, 3.05) is 25.0 Å². The van der Waals surface area contributed by atoms with Crippen molar-refractivity contribution in [1.29, 1.82) is 0 Å². The lowest BCUT2D eigenvalue weighted by molar-refractivity contribution is -0.888. The summed E-state index contributed by atoms with van der Waals surface area (Å²) in [6.07, 6.45) is 0. The van der Waals surface area contributed by atoms with Crippen LogP contribution in [0.25, 0.3) is 0 Å². The Hall–Kier alpha value is -1.95. The second-order valence-corrected chi connectivity index (χ2v) is 3.99. The number of quaternary nitrogens is 1. The van der Waals surface area contributed by atoms with Crippen LogP contribution in [-0.2, 0) is 4.79 Å². The maximum atomic E-state index is 11.7. The largest absolute Gasteiger partial charge is 0.328 e. The summed E-state index contributed by atoms with van der Waals surface area (Å²) in [6, 6.07) is 5.95. The van der Waals surface area contributed by atoms with Crippen molar-refractivity contribution in [3.8, 4) is 0 Å². The van der Waals surface area contributed by atoms with E-state index in [0.717, 1.165) is 18.0 Å². The van der Waals surface area contributed by atoms with Gasteiger partial charge < -0.3 is 10.2 Å². The molecule has 1 aromatic carbocycles. The molecule has 1 amide bonds. The van der Waals surface area contributed by atoms with Gasteiger partial charge in [-0.3, -0.25) is 14.9 Å². The summed E-state index contributed by atoms with van der Waals surface area (Å²) in [7, 11) is 0. The molecule has 18 heavy (non-hydrogen) atoms. The highest BCUT2D eigenvalue weighted by Gasteiger charge is 2.12. The summed E-state index contributed by atoms with van der Waals surface area (Å²) in [5.74, 6) is -0.130. The Morgan fingerprint density at radius 3 is 2.61 bits per heavy atom. The maximum absolute atomic E-state index is 11.7. The number of hydrogen-bond donors (Lipinski definition) is 2. The predicted octanol–water partition coefficient (Wildman–Crippen LogP) is 0.458. The molecule has 0 unspecified atom stereocenters. The molecule has 0 heterocycles. The van der Waals surface area contributed by atoms with E-state index < -0.39 is 4.92 Å². The minimum atomic E-state index is -0.481. The second kappa shape index (κ2) is 6.70. The highest BCUT2D eigenvalue weighted by atomic mass is 16.6. The third kappa shape index (κ3) is 4.14. The van der Waals surface area contributed by atoms with E-state index in [2.05, 4.69) is 5.32 Å². The molecule has 6 nitrogen and oxygen atoms in total. The van der Waals surface area contributed by atoms with Gasteiger partial charge in [-0.1, -0.05) is 6.07 Å². The van der Waals surface area contributed by atoms with E-state index in [4.69, 9.17) is 0 Å². The first-order valence-corrected chi connectivity index (χ1v) is 5.94. The monoisotopic (exact) mass is 252 g/mol. The molecule has 6 heteroatoms. The second-order valence-electron chi connectivity index (χ2n) is 3.99. The Kier molecular flexibility index (Phi) is 5.26. The number of nitro groups is 1. The molecule has 0 fully saturated rings. The number of benzene rings is 1. The topological polar surface area (TPSA) is 76.7 Å². The van der Waals surface area contributed by atoms with Crippen LogP contribution in [0.1, 0.15) is 13.8 Å². The van der Waals surface area contributed by atoms with Crippen molar-refractivity contribution < 1.29 is 14.6 Å². The predicted molar refractivity (Wildman–Crippen MR) is 68.6 cm³/mol. The standard InChI is InChI=1S/C12H17N3O3/c1-3-14(4-2)9-12(16)13-10-6-5-7-11(8-10)15(17)18/h5-8H,3-4,9H2,1-2H3,(H,13,16)/p+1. The fraction of sp³-hybridized carbons (Fsp3) is 0.417. The van der Waals surface area contributed by atoms with Crippen LogP contribution in [0, 0.1) is 10.1 Å². The number of rotatable bonds is 6. The first kappa shape index (κ1) is 14.1. The van der Waals surface area contributed by atoms with Gasteiger partial charge in [0, 0.05) is 17.8 Å². The van der Waals surface area contributed by atoms with Crippen LogP contribution in [0.3, 0.4) is 0 Å². The summed E-state index contributed by atoms with van der Waals surface area (Å²) in [5.41, 5.74) is 0.434. The van der Waals surface area contributed by atoms with E-state index in [1.54, 1.807) is 12.1 Å². The van der Waals surface area contributed by atoms with Crippen LogP contribution in [-0.4, -0.2) is 30.5 Å². The fourth-order valence-corrected chi connectivity index (χ4v) is 1.63. The van der Waals surface area contributed by atoms with E-state index in [1.165, 1.54) is 12.1 Å². The highest BCUT2D eigenvalue weighted by Crippen LogP contribution is 2.16. The lowest BCUT2D eigenvalue weighted by atomic mass is 10.3. The number of carbonyl (C=O) groups is 1. The first-order chi connectivity index (χ1) is 8.56. The van der Waals surface area contributed by atoms with E-state index in [-0.39, 0.29) is 11.6 Å². The van der Waals surface area contributed by atoms with Gasteiger partial charge in [0.1, 0.15) is 0 Å². The van der Waals surface area contributed by atoms with Crippen molar-refractivity contribution in [1.82, 2.24) is 0 Å². The van der Waals surface area contributed by atoms with E-state index in [9.17, 15) is 14.9 Å². The SMILES string of the molecule is CC[NH+](CC)CC(=O)Nc1cccc([N+](=O)[O-])c1. The number of nitrogens with zero attached hydrogens (tertiary/aromatic N) is 1. The van der Waals surface area contributed by atoms with Crippen LogP contribution in [0.5, 0.6) is 0 Å². The number of nitrogens with one attached hydrogen (secondary N) is 2. The van der Waals surface area contributed by atoms with Crippen LogP contribution in [0.15, 0.2) is 24.3 Å². The number of hydrogen-bond acceptors (Lipinski definition) is 3. The molecular weight excluding hydrogens is 234 g/mol. The molecule has 0 aromatic heterocycles. The Morgan fingerprint density at radius 2 is 2.06 bits per heavy atom. The minimum absolute atomic E-state index is 0.0250. The number of non-ortho nitro benzene ring substituents is 1. The molecule has 1 aromatic rings.